The molecule has 0 atom stereocenters. The number of hydrogen-bond donors (Lipinski definition) is 1. The van der Waals surface area contributed by atoms with Crippen LogP contribution >= 0.6 is 0 Å². The van der Waals surface area contributed by atoms with Crippen molar-refractivity contribution < 1.29 is 4.39 Å². The molecule has 0 saturated carbocycles. The predicted molar refractivity (Wildman–Crippen MR) is 71.7 cm³/mol. The zero-order valence-corrected chi connectivity index (χ0v) is 10.7. The summed E-state index contributed by atoms with van der Waals surface area (Å²) in [6.45, 7) is 5.55. The largest absolute Gasteiger partial charge is 0.313 e. The van der Waals surface area contributed by atoms with E-state index in [9.17, 15) is 4.39 Å². The first-order chi connectivity index (χ1) is 8.72. The second-order valence-electron chi connectivity index (χ2n) is 4.29. The van der Waals surface area contributed by atoms with Gasteiger partial charge in [0.05, 0.1) is 0 Å². The lowest BCUT2D eigenvalue weighted by Gasteiger charge is -2.09. The zero-order valence-electron chi connectivity index (χ0n) is 10.7. The minimum Gasteiger partial charge on any atom is -0.313 e. The number of nitrogens with one attached hydrogen (secondary N) is 1. The summed E-state index contributed by atoms with van der Waals surface area (Å²) in [4.78, 5) is 4.03. The first-order valence-corrected chi connectivity index (χ1v) is 6.12. The van der Waals surface area contributed by atoms with E-state index in [1.165, 1.54) is 0 Å². The van der Waals surface area contributed by atoms with Gasteiger partial charge < -0.3 is 5.32 Å². The summed E-state index contributed by atoms with van der Waals surface area (Å²) >= 11 is 0. The lowest BCUT2D eigenvalue weighted by atomic mass is 10.0. The third-order valence-corrected chi connectivity index (χ3v) is 2.92. The van der Waals surface area contributed by atoms with Gasteiger partial charge in [-0.05, 0) is 42.3 Å². The van der Waals surface area contributed by atoms with Crippen molar-refractivity contribution in [3.8, 4) is 11.1 Å². The Morgan fingerprint density at radius 2 is 2.06 bits per heavy atom. The van der Waals surface area contributed by atoms with Crippen LogP contribution in [0.4, 0.5) is 4.39 Å². The zero-order chi connectivity index (χ0) is 13.0. The molecule has 1 heterocycles. The molecule has 0 aliphatic heterocycles. The number of halogens is 1. The van der Waals surface area contributed by atoms with Gasteiger partial charge in [0.25, 0.3) is 0 Å². The van der Waals surface area contributed by atoms with Crippen molar-refractivity contribution in [3.05, 3.63) is 53.6 Å². The Morgan fingerprint density at radius 1 is 1.22 bits per heavy atom. The fourth-order valence-corrected chi connectivity index (χ4v) is 1.93. The third kappa shape index (κ3) is 2.74. The normalized spacial score (nSPS) is 10.6. The van der Waals surface area contributed by atoms with E-state index in [0.29, 0.717) is 12.1 Å². The minimum absolute atomic E-state index is 0.181. The maximum Gasteiger partial charge on any atom is 0.131 e. The fraction of sp³-hybridized carbons (Fsp3) is 0.267. The van der Waals surface area contributed by atoms with E-state index in [0.717, 1.165) is 23.2 Å². The number of aromatic nitrogens is 1. The molecular formula is C15H17FN2. The van der Waals surface area contributed by atoms with Gasteiger partial charge in [0.15, 0.2) is 0 Å². The molecule has 0 saturated heterocycles. The summed E-state index contributed by atoms with van der Waals surface area (Å²) in [6.07, 6.45) is 3.44. The van der Waals surface area contributed by atoms with Gasteiger partial charge in [0, 0.05) is 24.5 Å². The van der Waals surface area contributed by atoms with E-state index in [-0.39, 0.29) is 5.82 Å². The maximum atomic E-state index is 14.1. The highest BCUT2D eigenvalue weighted by Crippen LogP contribution is 2.25. The van der Waals surface area contributed by atoms with Gasteiger partial charge in [0.1, 0.15) is 5.82 Å². The fourth-order valence-electron chi connectivity index (χ4n) is 1.93. The van der Waals surface area contributed by atoms with Crippen LogP contribution in [0.15, 0.2) is 36.7 Å². The molecular weight excluding hydrogens is 227 g/mol. The van der Waals surface area contributed by atoms with Crippen molar-refractivity contribution in [3.63, 3.8) is 0 Å². The van der Waals surface area contributed by atoms with Crippen LogP contribution in [0.1, 0.15) is 18.1 Å². The lowest BCUT2D eigenvalue weighted by molar-refractivity contribution is 0.625. The Morgan fingerprint density at radius 3 is 2.72 bits per heavy atom. The summed E-state index contributed by atoms with van der Waals surface area (Å²) in [5.74, 6) is -0.181. The molecule has 1 aromatic carbocycles. The summed E-state index contributed by atoms with van der Waals surface area (Å²) < 4.78 is 14.1. The Bertz CT molecular complexity index is 538. The van der Waals surface area contributed by atoms with Gasteiger partial charge in [-0.25, -0.2) is 4.39 Å². The molecule has 1 aromatic heterocycles. The van der Waals surface area contributed by atoms with Crippen molar-refractivity contribution in [2.75, 3.05) is 6.54 Å². The molecule has 0 radical (unpaired) electrons. The summed E-state index contributed by atoms with van der Waals surface area (Å²) in [6, 6.07) is 7.24. The number of nitrogens with zero attached hydrogens (tertiary/aromatic N) is 1. The minimum atomic E-state index is -0.181. The van der Waals surface area contributed by atoms with Gasteiger partial charge in [-0.1, -0.05) is 19.1 Å². The predicted octanol–water partition coefficient (Wildman–Crippen LogP) is 3.31. The molecule has 94 valence electrons. The average molecular weight is 244 g/mol. The van der Waals surface area contributed by atoms with Crippen LogP contribution in [-0.4, -0.2) is 11.5 Å². The highest BCUT2D eigenvalue weighted by atomic mass is 19.1. The molecule has 3 heteroatoms. The average Bonchev–Trinajstić information content (AvgIpc) is 2.38. The van der Waals surface area contributed by atoms with Gasteiger partial charge in [-0.2, -0.15) is 0 Å². The van der Waals surface area contributed by atoms with Crippen LogP contribution in [0.25, 0.3) is 11.1 Å². The number of aryl methyl sites for hydroxylation is 1. The van der Waals surface area contributed by atoms with Crippen molar-refractivity contribution in [1.82, 2.24) is 10.3 Å². The Hall–Kier alpha value is -1.74. The molecule has 2 rings (SSSR count). The molecule has 2 aromatic rings. The van der Waals surface area contributed by atoms with E-state index in [2.05, 4.69) is 10.3 Å². The summed E-state index contributed by atoms with van der Waals surface area (Å²) in [5, 5.41) is 3.19. The highest BCUT2D eigenvalue weighted by Gasteiger charge is 2.08. The molecule has 0 amide bonds. The molecule has 0 aliphatic rings. The first kappa shape index (κ1) is 12.7. The van der Waals surface area contributed by atoms with Gasteiger partial charge in [-0.3, -0.25) is 4.98 Å². The van der Waals surface area contributed by atoms with Crippen molar-refractivity contribution >= 4 is 0 Å². The molecule has 0 fully saturated rings. The summed E-state index contributed by atoms with van der Waals surface area (Å²) in [5.41, 5.74) is 3.48. The van der Waals surface area contributed by atoms with E-state index in [4.69, 9.17) is 0 Å². The van der Waals surface area contributed by atoms with E-state index in [1.807, 2.05) is 32.0 Å². The molecule has 0 spiro atoms. The van der Waals surface area contributed by atoms with Crippen molar-refractivity contribution in [1.29, 1.82) is 0 Å². The molecule has 0 unspecified atom stereocenters. The topological polar surface area (TPSA) is 24.9 Å². The number of pyridine rings is 1. The quantitative estimate of drug-likeness (QED) is 0.892. The van der Waals surface area contributed by atoms with E-state index in [1.54, 1.807) is 18.5 Å². The van der Waals surface area contributed by atoms with Crippen LogP contribution in [0.2, 0.25) is 0 Å². The Balaban J connectivity index is 2.33. The SMILES string of the molecule is CCNCc1ccc(-c2ccncc2C)c(F)c1. The molecule has 1 N–H and O–H groups in total. The highest BCUT2D eigenvalue weighted by molar-refractivity contribution is 5.67. The van der Waals surface area contributed by atoms with Crippen LogP contribution < -0.4 is 5.32 Å². The Labute approximate surface area is 107 Å². The van der Waals surface area contributed by atoms with Crippen molar-refractivity contribution in [2.45, 2.75) is 20.4 Å². The number of rotatable bonds is 4. The lowest BCUT2D eigenvalue weighted by Crippen LogP contribution is -2.11. The Kier molecular flexibility index (Phi) is 4.05. The summed E-state index contributed by atoms with van der Waals surface area (Å²) in [7, 11) is 0. The van der Waals surface area contributed by atoms with E-state index >= 15 is 0 Å². The monoisotopic (exact) mass is 244 g/mol. The maximum absolute atomic E-state index is 14.1. The van der Waals surface area contributed by atoms with Crippen LogP contribution in [0.3, 0.4) is 0 Å². The molecule has 2 nitrogen and oxygen atoms in total. The second-order valence-corrected chi connectivity index (χ2v) is 4.29. The van der Waals surface area contributed by atoms with Gasteiger partial charge in [-0.15, -0.1) is 0 Å². The first-order valence-electron chi connectivity index (χ1n) is 6.12. The van der Waals surface area contributed by atoms with Crippen LogP contribution in [0, 0.1) is 12.7 Å². The van der Waals surface area contributed by atoms with Crippen LogP contribution in [-0.2, 0) is 6.54 Å². The van der Waals surface area contributed by atoms with E-state index < -0.39 is 0 Å². The smallest absolute Gasteiger partial charge is 0.131 e. The second kappa shape index (κ2) is 5.74. The van der Waals surface area contributed by atoms with Crippen LogP contribution in [0.5, 0.6) is 0 Å². The molecule has 0 aliphatic carbocycles. The van der Waals surface area contributed by atoms with Gasteiger partial charge in [0.2, 0.25) is 0 Å². The third-order valence-electron chi connectivity index (χ3n) is 2.92. The number of benzene rings is 1. The number of hydrogen-bond acceptors (Lipinski definition) is 2. The standard InChI is InChI=1S/C15H17FN2/c1-3-17-10-12-4-5-14(15(16)8-12)13-6-7-18-9-11(13)2/h4-9,17H,3,10H2,1-2H3. The van der Waals surface area contributed by atoms with Crippen molar-refractivity contribution in [2.24, 2.45) is 0 Å². The van der Waals surface area contributed by atoms with Gasteiger partial charge >= 0.3 is 0 Å². The molecule has 18 heavy (non-hydrogen) atoms. The molecule has 0 bridgehead atoms.